The molecule has 2 aliphatic rings. The van der Waals surface area contributed by atoms with Crippen molar-refractivity contribution < 1.29 is 28.7 Å². The highest BCUT2D eigenvalue weighted by molar-refractivity contribution is 6.05. The summed E-state index contributed by atoms with van der Waals surface area (Å²) in [6, 6.07) is 6.35. The van der Waals surface area contributed by atoms with Crippen molar-refractivity contribution in [2.24, 2.45) is 11.8 Å². The molecule has 1 aromatic rings. The molecule has 1 aliphatic heterocycles. The van der Waals surface area contributed by atoms with E-state index in [0.29, 0.717) is 24.1 Å². The van der Waals surface area contributed by atoms with Crippen LogP contribution < -0.4 is 5.32 Å². The third kappa shape index (κ3) is 4.64. The SMILES string of the molecule is CC(=O)c1ccc(NC(=O)[C@@H](C)OC(=O)CCN2C(=O)[C@H]3CC=CC[C@@H]3C2=O)cc1. The first-order valence-corrected chi connectivity index (χ1v) is 9.89. The molecule has 1 saturated heterocycles. The number of carbonyl (C=O) groups is 5. The first-order valence-electron chi connectivity index (χ1n) is 9.89. The number of imide groups is 1. The summed E-state index contributed by atoms with van der Waals surface area (Å²) in [5.41, 5.74) is 0.992. The predicted molar refractivity (Wildman–Crippen MR) is 107 cm³/mol. The van der Waals surface area contributed by atoms with Crippen LogP contribution in [-0.2, 0) is 23.9 Å². The Bertz CT molecular complexity index is 879. The van der Waals surface area contributed by atoms with Crippen molar-refractivity contribution in [1.29, 1.82) is 0 Å². The zero-order valence-electron chi connectivity index (χ0n) is 16.9. The first-order chi connectivity index (χ1) is 14.3. The molecule has 30 heavy (non-hydrogen) atoms. The van der Waals surface area contributed by atoms with Gasteiger partial charge in [0.25, 0.3) is 5.91 Å². The molecule has 1 aromatic carbocycles. The summed E-state index contributed by atoms with van der Waals surface area (Å²) in [5, 5.41) is 2.61. The number of Topliss-reactive ketones (excluding diaryl/α,β-unsaturated/α-hetero) is 1. The average Bonchev–Trinajstić information content (AvgIpc) is 2.97. The average molecular weight is 412 g/mol. The number of esters is 1. The Morgan fingerprint density at radius 1 is 1.07 bits per heavy atom. The van der Waals surface area contributed by atoms with Crippen molar-refractivity contribution in [3.05, 3.63) is 42.0 Å². The van der Waals surface area contributed by atoms with Crippen LogP contribution in [0.4, 0.5) is 5.69 Å². The molecule has 3 amide bonds. The number of benzene rings is 1. The normalized spacial score (nSPS) is 21.2. The van der Waals surface area contributed by atoms with Crippen molar-refractivity contribution in [3.8, 4) is 0 Å². The maximum Gasteiger partial charge on any atom is 0.308 e. The van der Waals surface area contributed by atoms with Gasteiger partial charge in [0.05, 0.1) is 18.3 Å². The van der Waals surface area contributed by atoms with Gasteiger partial charge in [-0.05, 0) is 51.0 Å². The van der Waals surface area contributed by atoms with Gasteiger partial charge < -0.3 is 10.1 Å². The first kappa shape index (κ1) is 21.4. The number of likely N-dealkylation sites (tertiary alicyclic amines) is 1. The summed E-state index contributed by atoms with van der Waals surface area (Å²) in [5.74, 6) is -2.44. The van der Waals surface area contributed by atoms with E-state index in [1.807, 2.05) is 12.2 Å². The lowest BCUT2D eigenvalue weighted by molar-refractivity contribution is -0.154. The van der Waals surface area contributed by atoms with Crippen LogP contribution >= 0.6 is 0 Å². The molecule has 1 aliphatic carbocycles. The number of hydrogen-bond donors (Lipinski definition) is 1. The lowest BCUT2D eigenvalue weighted by atomic mass is 9.85. The van der Waals surface area contributed by atoms with Crippen molar-refractivity contribution in [2.45, 2.75) is 39.2 Å². The molecule has 3 atom stereocenters. The van der Waals surface area contributed by atoms with E-state index in [2.05, 4.69) is 5.32 Å². The second kappa shape index (κ2) is 9.02. The van der Waals surface area contributed by atoms with Crippen LogP contribution in [-0.4, -0.2) is 47.0 Å². The van der Waals surface area contributed by atoms with E-state index >= 15 is 0 Å². The molecule has 1 N–H and O–H groups in total. The number of nitrogens with zero attached hydrogens (tertiary/aromatic N) is 1. The van der Waals surface area contributed by atoms with Gasteiger partial charge in [-0.25, -0.2) is 0 Å². The molecule has 0 aromatic heterocycles. The number of carbonyl (C=O) groups excluding carboxylic acids is 5. The van der Waals surface area contributed by atoms with Gasteiger partial charge in [0.2, 0.25) is 11.8 Å². The quantitative estimate of drug-likeness (QED) is 0.318. The number of nitrogens with one attached hydrogen (secondary N) is 1. The van der Waals surface area contributed by atoms with Crippen LogP contribution in [0.2, 0.25) is 0 Å². The van der Waals surface area contributed by atoms with Crippen LogP contribution in [0.3, 0.4) is 0 Å². The zero-order valence-corrected chi connectivity index (χ0v) is 16.9. The summed E-state index contributed by atoms with van der Waals surface area (Å²) in [7, 11) is 0. The predicted octanol–water partition coefficient (Wildman–Crippen LogP) is 2.10. The van der Waals surface area contributed by atoms with Crippen LogP contribution in [0.25, 0.3) is 0 Å². The summed E-state index contributed by atoms with van der Waals surface area (Å²) >= 11 is 0. The number of hydrogen-bond acceptors (Lipinski definition) is 6. The van der Waals surface area contributed by atoms with E-state index in [1.54, 1.807) is 24.3 Å². The molecule has 3 rings (SSSR count). The topological polar surface area (TPSA) is 110 Å². The van der Waals surface area contributed by atoms with Crippen LogP contribution in [0.15, 0.2) is 36.4 Å². The Kier molecular flexibility index (Phi) is 6.44. The number of anilines is 1. The Balaban J connectivity index is 1.47. The Labute approximate surface area is 174 Å². The van der Waals surface area contributed by atoms with Gasteiger partial charge in [-0.2, -0.15) is 0 Å². The van der Waals surface area contributed by atoms with E-state index in [4.69, 9.17) is 4.74 Å². The third-order valence-electron chi connectivity index (χ3n) is 5.37. The molecular formula is C22H24N2O6. The highest BCUT2D eigenvalue weighted by Crippen LogP contribution is 2.35. The fourth-order valence-electron chi connectivity index (χ4n) is 3.63. The van der Waals surface area contributed by atoms with Crippen molar-refractivity contribution >= 4 is 35.2 Å². The number of ether oxygens (including phenoxy) is 1. The van der Waals surface area contributed by atoms with Gasteiger partial charge in [0, 0.05) is 17.8 Å². The van der Waals surface area contributed by atoms with E-state index in [9.17, 15) is 24.0 Å². The number of ketones is 1. The second-order valence-electron chi connectivity index (χ2n) is 7.49. The fraction of sp³-hybridized carbons (Fsp3) is 0.409. The number of rotatable bonds is 7. The van der Waals surface area contributed by atoms with E-state index < -0.39 is 18.0 Å². The minimum absolute atomic E-state index is 0.0512. The summed E-state index contributed by atoms with van der Waals surface area (Å²) in [4.78, 5) is 61.5. The highest BCUT2D eigenvalue weighted by atomic mass is 16.5. The molecule has 8 heteroatoms. The lowest BCUT2D eigenvalue weighted by Crippen LogP contribution is -2.35. The van der Waals surface area contributed by atoms with Crippen LogP contribution in [0, 0.1) is 11.8 Å². The molecular weight excluding hydrogens is 388 g/mol. The number of amides is 3. The van der Waals surface area contributed by atoms with Crippen molar-refractivity contribution in [3.63, 3.8) is 0 Å². The maximum atomic E-state index is 12.4. The Hall–Kier alpha value is -3.29. The van der Waals surface area contributed by atoms with E-state index in [1.165, 1.54) is 13.8 Å². The summed E-state index contributed by atoms with van der Waals surface area (Å²) < 4.78 is 5.13. The Morgan fingerprint density at radius 3 is 2.17 bits per heavy atom. The molecule has 8 nitrogen and oxygen atoms in total. The van der Waals surface area contributed by atoms with Gasteiger partial charge in [0.15, 0.2) is 11.9 Å². The van der Waals surface area contributed by atoms with Crippen LogP contribution in [0.1, 0.15) is 43.5 Å². The van der Waals surface area contributed by atoms with E-state index in [0.717, 1.165) is 4.90 Å². The zero-order chi connectivity index (χ0) is 21.8. The van der Waals surface area contributed by atoms with Crippen molar-refractivity contribution in [1.82, 2.24) is 4.90 Å². The molecule has 0 bridgehead atoms. The summed E-state index contributed by atoms with van der Waals surface area (Å²) in [6.45, 7) is 2.83. The molecule has 0 saturated carbocycles. The Morgan fingerprint density at radius 2 is 1.63 bits per heavy atom. The van der Waals surface area contributed by atoms with Crippen LogP contribution in [0.5, 0.6) is 0 Å². The molecule has 0 unspecified atom stereocenters. The van der Waals surface area contributed by atoms with Gasteiger partial charge in [0.1, 0.15) is 0 Å². The van der Waals surface area contributed by atoms with Gasteiger partial charge in [-0.3, -0.25) is 28.9 Å². The second-order valence-corrected chi connectivity index (χ2v) is 7.49. The largest absolute Gasteiger partial charge is 0.452 e. The molecule has 1 fully saturated rings. The van der Waals surface area contributed by atoms with Crippen molar-refractivity contribution in [2.75, 3.05) is 11.9 Å². The molecule has 1 heterocycles. The lowest BCUT2D eigenvalue weighted by Gasteiger charge is -2.16. The molecule has 158 valence electrons. The monoisotopic (exact) mass is 412 g/mol. The summed E-state index contributed by atoms with van der Waals surface area (Å²) in [6.07, 6.45) is 3.66. The fourth-order valence-corrected chi connectivity index (χ4v) is 3.63. The van der Waals surface area contributed by atoms with Gasteiger partial charge in [-0.1, -0.05) is 12.2 Å². The highest BCUT2D eigenvalue weighted by Gasteiger charge is 2.47. The van der Waals surface area contributed by atoms with E-state index in [-0.39, 0.29) is 42.4 Å². The molecule has 0 spiro atoms. The minimum atomic E-state index is -1.05. The third-order valence-corrected chi connectivity index (χ3v) is 5.37. The van der Waals surface area contributed by atoms with Gasteiger partial charge in [-0.15, -0.1) is 0 Å². The smallest absolute Gasteiger partial charge is 0.308 e. The minimum Gasteiger partial charge on any atom is -0.452 e. The maximum absolute atomic E-state index is 12.4. The van der Waals surface area contributed by atoms with Gasteiger partial charge >= 0.3 is 5.97 Å². The number of fused-ring (bicyclic) bond motifs is 1. The number of allylic oxidation sites excluding steroid dienone is 2. The standard InChI is InChI=1S/C22H24N2O6/c1-13(25)15-7-9-16(10-8-15)23-20(27)14(2)30-19(26)11-12-24-21(28)17-5-3-4-6-18(17)22(24)29/h3-4,7-10,14,17-18H,5-6,11-12H2,1-2H3,(H,23,27)/t14-,17+,18+/m1/s1. The molecule has 0 radical (unpaired) electrons.